The monoisotopic (exact) mass is 298 g/mol. The zero-order valence-electron chi connectivity index (χ0n) is 11.7. The summed E-state index contributed by atoms with van der Waals surface area (Å²) in [5, 5.41) is 3.04. The van der Waals surface area contributed by atoms with Gasteiger partial charge in [-0.1, -0.05) is 18.2 Å². The third-order valence-corrected chi connectivity index (χ3v) is 3.06. The highest BCUT2D eigenvalue weighted by atomic mass is 19.4. The van der Waals surface area contributed by atoms with Crippen LogP contribution in [0.4, 0.5) is 13.2 Å². The number of nitrogens with zero attached hydrogens (tertiary/aromatic N) is 1. The highest BCUT2D eigenvalue weighted by Gasteiger charge is 2.30. The van der Waals surface area contributed by atoms with E-state index in [9.17, 15) is 13.2 Å². The van der Waals surface area contributed by atoms with Crippen LogP contribution in [0.15, 0.2) is 34.9 Å². The van der Waals surface area contributed by atoms with Gasteiger partial charge in [-0.15, -0.1) is 0 Å². The molecule has 114 valence electrons. The first-order valence-electron chi connectivity index (χ1n) is 6.73. The van der Waals surface area contributed by atoms with Crippen molar-refractivity contribution in [2.24, 2.45) is 0 Å². The van der Waals surface area contributed by atoms with Crippen LogP contribution in [0.25, 0.3) is 0 Å². The third-order valence-electron chi connectivity index (χ3n) is 3.06. The Kier molecular flexibility index (Phi) is 5.01. The molecule has 0 bridgehead atoms. The molecule has 2 rings (SSSR count). The SMILES string of the molecule is CNCCCc1cnc(Cc2cccc(C(F)(F)F)c2)o1. The molecule has 0 aliphatic heterocycles. The predicted molar refractivity (Wildman–Crippen MR) is 73.0 cm³/mol. The molecule has 0 aliphatic carbocycles. The third kappa shape index (κ3) is 4.60. The quantitative estimate of drug-likeness (QED) is 0.830. The number of aromatic nitrogens is 1. The Bertz CT molecular complexity index is 578. The highest BCUT2D eigenvalue weighted by Crippen LogP contribution is 2.29. The maximum absolute atomic E-state index is 12.6. The number of halogens is 3. The second kappa shape index (κ2) is 6.76. The van der Waals surface area contributed by atoms with Gasteiger partial charge in [-0.2, -0.15) is 13.2 Å². The molecular formula is C15H17F3N2O. The molecule has 21 heavy (non-hydrogen) atoms. The van der Waals surface area contributed by atoms with Crippen LogP contribution in [-0.4, -0.2) is 18.6 Å². The maximum Gasteiger partial charge on any atom is 0.416 e. The summed E-state index contributed by atoms with van der Waals surface area (Å²) in [5.41, 5.74) is -0.116. The molecule has 0 amide bonds. The van der Waals surface area contributed by atoms with Crippen LogP contribution in [0.1, 0.15) is 29.2 Å². The van der Waals surface area contributed by atoms with Gasteiger partial charge in [0.15, 0.2) is 5.89 Å². The van der Waals surface area contributed by atoms with E-state index in [1.54, 1.807) is 12.3 Å². The molecule has 0 fully saturated rings. The number of alkyl halides is 3. The molecule has 1 N–H and O–H groups in total. The van der Waals surface area contributed by atoms with E-state index >= 15 is 0 Å². The van der Waals surface area contributed by atoms with Crippen molar-refractivity contribution in [3.63, 3.8) is 0 Å². The van der Waals surface area contributed by atoms with Gasteiger partial charge >= 0.3 is 6.18 Å². The molecule has 1 aromatic carbocycles. The van der Waals surface area contributed by atoms with Crippen LogP contribution in [0.2, 0.25) is 0 Å². The Morgan fingerprint density at radius 2 is 2.10 bits per heavy atom. The highest BCUT2D eigenvalue weighted by molar-refractivity contribution is 5.27. The molecule has 6 heteroatoms. The fourth-order valence-corrected chi connectivity index (χ4v) is 2.02. The molecule has 0 radical (unpaired) electrons. The van der Waals surface area contributed by atoms with E-state index in [1.165, 1.54) is 6.07 Å². The van der Waals surface area contributed by atoms with Crippen molar-refractivity contribution in [2.45, 2.75) is 25.4 Å². The van der Waals surface area contributed by atoms with Gasteiger partial charge in [-0.05, 0) is 31.6 Å². The number of hydrogen-bond donors (Lipinski definition) is 1. The Labute approximate surface area is 121 Å². The van der Waals surface area contributed by atoms with Gasteiger partial charge in [0, 0.05) is 12.8 Å². The fraction of sp³-hybridized carbons (Fsp3) is 0.400. The van der Waals surface area contributed by atoms with Gasteiger partial charge in [0.1, 0.15) is 5.76 Å². The lowest BCUT2D eigenvalue weighted by atomic mass is 10.1. The number of oxazole rings is 1. The average molecular weight is 298 g/mol. The molecule has 3 nitrogen and oxygen atoms in total. The van der Waals surface area contributed by atoms with E-state index in [1.807, 2.05) is 7.05 Å². The van der Waals surface area contributed by atoms with Crippen molar-refractivity contribution >= 4 is 0 Å². The van der Waals surface area contributed by atoms with E-state index < -0.39 is 11.7 Å². The molecule has 0 unspecified atom stereocenters. The van der Waals surface area contributed by atoms with Crippen molar-refractivity contribution in [3.05, 3.63) is 53.2 Å². The molecule has 0 spiro atoms. The van der Waals surface area contributed by atoms with Crippen LogP contribution < -0.4 is 5.32 Å². The van der Waals surface area contributed by atoms with E-state index in [0.717, 1.165) is 37.3 Å². The smallest absolute Gasteiger partial charge is 0.416 e. The predicted octanol–water partition coefficient (Wildman–Crippen LogP) is 3.44. The minimum absolute atomic E-state index is 0.260. The summed E-state index contributed by atoms with van der Waals surface area (Å²) in [7, 11) is 1.87. The zero-order chi connectivity index (χ0) is 15.3. The van der Waals surface area contributed by atoms with Crippen LogP contribution >= 0.6 is 0 Å². The molecule has 1 aromatic heterocycles. The lowest BCUT2D eigenvalue weighted by Crippen LogP contribution is -2.08. The summed E-state index contributed by atoms with van der Waals surface area (Å²) >= 11 is 0. The minimum atomic E-state index is -4.33. The first-order valence-corrected chi connectivity index (χ1v) is 6.73. The average Bonchev–Trinajstić information content (AvgIpc) is 2.86. The van der Waals surface area contributed by atoms with Crippen molar-refractivity contribution in [1.29, 1.82) is 0 Å². The van der Waals surface area contributed by atoms with Crippen LogP contribution in [-0.2, 0) is 19.0 Å². The standard InChI is InChI=1S/C15H17F3N2O/c1-19-7-3-6-13-10-20-14(21-13)9-11-4-2-5-12(8-11)15(16,17)18/h2,4-5,8,10,19H,3,6-7,9H2,1H3. The fourth-order valence-electron chi connectivity index (χ4n) is 2.02. The van der Waals surface area contributed by atoms with E-state index in [-0.39, 0.29) is 6.42 Å². The second-order valence-electron chi connectivity index (χ2n) is 4.80. The summed E-state index contributed by atoms with van der Waals surface area (Å²) in [6.45, 7) is 0.879. The summed E-state index contributed by atoms with van der Waals surface area (Å²) in [5.74, 6) is 1.20. The number of aryl methyl sites for hydroxylation is 1. The van der Waals surface area contributed by atoms with E-state index in [2.05, 4.69) is 10.3 Å². The summed E-state index contributed by atoms with van der Waals surface area (Å²) < 4.78 is 43.5. The van der Waals surface area contributed by atoms with Crippen molar-refractivity contribution in [2.75, 3.05) is 13.6 Å². The van der Waals surface area contributed by atoms with Gasteiger partial charge in [0.2, 0.25) is 0 Å². The van der Waals surface area contributed by atoms with Crippen LogP contribution in [0.5, 0.6) is 0 Å². The van der Waals surface area contributed by atoms with Crippen molar-refractivity contribution < 1.29 is 17.6 Å². The molecule has 2 aromatic rings. The first-order chi connectivity index (χ1) is 9.99. The molecule has 0 aliphatic rings. The Balaban J connectivity index is 2.02. The Morgan fingerprint density at radius 3 is 2.81 bits per heavy atom. The van der Waals surface area contributed by atoms with Crippen molar-refractivity contribution in [3.8, 4) is 0 Å². The lowest BCUT2D eigenvalue weighted by Gasteiger charge is -2.07. The molecule has 0 saturated carbocycles. The Morgan fingerprint density at radius 1 is 1.29 bits per heavy atom. The van der Waals surface area contributed by atoms with Gasteiger partial charge in [-0.3, -0.25) is 0 Å². The largest absolute Gasteiger partial charge is 0.445 e. The van der Waals surface area contributed by atoms with Gasteiger partial charge in [-0.25, -0.2) is 4.98 Å². The number of benzene rings is 1. The van der Waals surface area contributed by atoms with Gasteiger partial charge in [0.05, 0.1) is 11.8 Å². The maximum atomic E-state index is 12.6. The number of nitrogens with one attached hydrogen (secondary N) is 1. The van der Waals surface area contributed by atoms with Crippen molar-refractivity contribution in [1.82, 2.24) is 10.3 Å². The normalized spacial score (nSPS) is 11.8. The number of rotatable bonds is 6. The summed E-state index contributed by atoms with van der Waals surface area (Å²) in [6, 6.07) is 5.22. The summed E-state index contributed by atoms with van der Waals surface area (Å²) in [6.07, 6.45) is -0.745. The first kappa shape index (κ1) is 15.6. The Hall–Kier alpha value is -1.82. The lowest BCUT2D eigenvalue weighted by molar-refractivity contribution is -0.137. The molecule has 1 heterocycles. The zero-order valence-corrected chi connectivity index (χ0v) is 11.7. The van der Waals surface area contributed by atoms with E-state index in [0.29, 0.717) is 11.5 Å². The molecule has 0 saturated heterocycles. The van der Waals surface area contributed by atoms with Gasteiger partial charge in [0.25, 0.3) is 0 Å². The van der Waals surface area contributed by atoms with E-state index in [4.69, 9.17) is 4.42 Å². The van der Waals surface area contributed by atoms with Gasteiger partial charge < -0.3 is 9.73 Å². The topological polar surface area (TPSA) is 38.1 Å². The second-order valence-corrected chi connectivity index (χ2v) is 4.80. The molecule has 0 atom stereocenters. The summed E-state index contributed by atoms with van der Waals surface area (Å²) in [4.78, 5) is 4.11. The molecular weight excluding hydrogens is 281 g/mol. The minimum Gasteiger partial charge on any atom is -0.445 e. The number of hydrogen-bond acceptors (Lipinski definition) is 3. The van der Waals surface area contributed by atoms with Crippen LogP contribution in [0, 0.1) is 0 Å². The van der Waals surface area contributed by atoms with Crippen LogP contribution in [0.3, 0.4) is 0 Å².